The van der Waals surface area contributed by atoms with Crippen LogP contribution in [0, 0.1) is 5.82 Å². The number of aromatic nitrogens is 2. The van der Waals surface area contributed by atoms with Crippen molar-refractivity contribution >= 4 is 17.5 Å². The summed E-state index contributed by atoms with van der Waals surface area (Å²) in [6.45, 7) is 1.25. The van der Waals surface area contributed by atoms with Crippen molar-refractivity contribution in [2.75, 3.05) is 0 Å². The molecular weight excluding hydrogens is 283 g/mol. The van der Waals surface area contributed by atoms with Gasteiger partial charge in [-0.3, -0.25) is 9.59 Å². The first-order chi connectivity index (χ1) is 9.47. The summed E-state index contributed by atoms with van der Waals surface area (Å²) in [6.07, 6.45) is 1.35. The van der Waals surface area contributed by atoms with Crippen LogP contribution >= 0.6 is 11.8 Å². The second kappa shape index (κ2) is 5.87. The SMILES string of the molecule is CC(=O)c1cc(F)cc(CSc2nccc(=O)[nH]2)c1O. The lowest BCUT2D eigenvalue weighted by Gasteiger charge is -2.08. The highest BCUT2D eigenvalue weighted by Crippen LogP contribution is 2.29. The second-order valence-corrected chi connectivity index (χ2v) is 5.01. The minimum absolute atomic E-state index is 0.0601. The Morgan fingerprint density at radius 3 is 2.90 bits per heavy atom. The minimum Gasteiger partial charge on any atom is -0.507 e. The summed E-state index contributed by atoms with van der Waals surface area (Å²) in [7, 11) is 0. The Morgan fingerprint density at radius 1 is 1.50 bits per heavy atom. The summed E-state index contributed by atoms with van der Waals surface area (Å²) in [4.78, 5) is 28.8. The van der Waals surface area contributed by atoms with Gasteiger partial charge in [0, 0.05) is 23.6 Å². The van der Waals surface area contributed by atoms with Crippen LogP contribution in [0.15, 0.2) is 34.3 Å². The zero-order valence-corrected chi connectivity index (χ0v) is 11.3. The number of rotatable bonds is 4. The first-order valence-corrected chi connectivity index (χ1v) is 6.66. The molecule has 0 bridgehead atoms. The predicted molar refractivity (Wildman–Crippen MR) is 72.5 cm³/mol. The highest BCUT2D eigenvalue weighted by molar-refractivity contribution is 7.98. The molecule has 0 radical (unpaired) electrons. The van der Waals surface area contributed by atoms with Gasteiger partial charge in [0.2, 0.25) is 0 Å². The number of carbonyl (C=O) groups excluding carboxylic acids is 1. The molecule has 0 unspecified atom stereocenters. The van der Waals surface area contributed by atoms with Gasteiger partial charge in [0.15, 0.2) is 10.9 Å². The lowest BCUT2D eigenvalue weighted by Crippen LogP contribution is -2.05. The number of benzene rings is 1. The molecule has 0 fully saturated rings. The van der Waals surface area contributed by atoms with Crippen LogP contribution in [0.3, 0.4) is 0 Å². The van der Waals surface area contributed by atoms with Crippen LogP contribution in [-0.4, -0.2) is 20.9 Å². The molecule has 104 valence electrons. The molecule has 0 aliphatic rings. The van der Waals surface area contributed by atoms with E-state index in [1.807, 2.05) is 0 Å². The smallest absolute Gasteiger partial charge is 0.251 e. The molecule has 20 heavy (non-hydrogen) atoms. The lowest BCUT2D eigenvalue weighted by atomic mass is 10.1. The molecule has 0 saturated heterocycles. The number of hydrogen-bond acceptors (Lipinski definition) is 5. The molecule has 1 aromatic heterocycles. The van der Waals surface area contributed by atoms with E-state index in [1.54, 1.807) is 0 Å². The van der Waals surface area contributed by atoms with Crippen molar-refractivity contribution in [3.8, 4) is 5.75 Å². The van der Waals surface area contributed by atoms with Crippen LogP contribution in [0.1, 0.15) is 22.8 Å². The number of aromatic hydroxyl groups is 1. The zero-order chi connectivity index (χ0) is 14.7. The third-order valence-corrected chi connectivity index (χ3v) is 3.48. The summed E-state index contributed by atoms with van der Waals surface area (Å²) < 4.78 is 13.4. The molecule has 0 spiro atoms. The molecule has 0 amide bonds. The van der Waals surface area contributed by atoms with Crippen molar-refractivity contribution in [3.63, 3.8) is 0 Å². The van der Waals surface area contributed by atoms with Gasteiger partial charge in [-0.15, -0.1) is 0 Å². The number of thioether (sulfide) groups is 1. The molecule has 0 aliphatic carbocycles. The number of phenols is 1. The maximum absolute atomic E-state index is 13.4. The molecule has 7 heteroatoms. The third kappa shape index (κ3) is 3.24. The third-order valence-electron chi connectivity index (χ3n) is 2.55. The van der Waals surface area contributed by atoms with Crippen molar-refractivity contribution in [2.24, 2.45) is 0 Å². The number of halogens is 1. The van der Waals surface area contributed by atoms with Gasteiger partial charge in [-0.1, -0.05) is 11.8 Å². The van der Waals surface area contributed by atoms with Gasteiger partial charge in [-0.05, 0) is 19.1 Å². The molecule has 2 rings (SSSR count). The van der Waals surface area contributed by atoms with Gasteiger partial charge in [-0.25, -0.2) is 9.37 Å². The van der Waals surface area contributed by atoms with Crippen LogP contribution in [0.25, 0.3) is 0 Å². The van der Waals surface area contributed by atoms with Crippen molar-refractivity contribution in [2.45, 2.75) is 17.8 Å². The number of carbonyl (C=O) groups is 1. The van der Waals surface area contributed by atoms with Crippen molar-refractivity contribution in [1.29, 1.82) is 0 Å². The van der Waals surface area contributed by atoms with E-state index in [1.165, 1.54) is 19.2 Å². The van der Waals surface area contributed by atoms with E-state index in [0.29, 0.717) is 5.16 Å². The van der Waals surface area contributed by atoms with Crippen molar-refractivity contribution in [1.82, 2.24) is 9.97 Å². The molecule has 5 nitrogen and oxygen atoms in total. The minimum atomic E-state index is -0.599. The van der Waals surface area contributed by atoms with Gasteiger partial charge < -0.3 is 10.1 Å². The van der Waals surface area contributed by atoms with E-state index < -0.39 is 11.6 Å². The van der Waals surface area contributed by atoms with Crippen molar-refractivity contribution in [3.05, 3.63) is 51.7 Å². The Hall–Kier alpha value is -2.15. The Morgan fingerprint density at radius 2 is 2.25 bits per heavy atom. The summed E-state index contributed by atoms with van der Waals surface area (Å²) in [6, 6.07) is 3.42. The number of nitrogens with one attached hydrogen (secondary N) is 1. The number of H-pyrrole nitrogens is 1. The van der Waals surface area contributed by atoms with Crippen molar-refractivity contribution < 1.29 is 14.3 Å². The Kier molecular flexibility index (Phi) is 4.19. The van der Waals surface area contributed by atoms with Gasteiger partial charge in [0.25, 0.3) is 5.56 Å². The van der Waals surface area contributed by atoms with Crippen LogP contribution < -0.4 is 5.56 Å². The molecule has 2 aromatic rings. The molecule has 1 aromatic carbocycles. The fraction of sp³-hybridized carbons (Fsp3) is 0.154. The average molecular weight is 294 g/mol. The van der Waals surface area contributed by atoms with E-state index in [9.17, 15) is 19.1 Å². The summed E-state index contributed by atoms with van der Waals surface area (Å²) in [5.74, 6) is -1.08. The first kappa shape index (κ1) is 14.3. The summed E-state index contributed by atoms with van der Waals surface area (Å²) >= 11 is 1.13. The number of ketones is 1. The van der Waals surface area contributed by atoms with Gasteiger partial charge in [-0.2, -0.15) is 0 Å². The summed E-state index contributed by atoms with van der Waals surface area (Å²) in [5.41, 5.74) is -0.0859. The fourth-order valence-electron chi connectivity index (χ4n) is 1.61. The predicted octanol–water partition coefficient (Wildman–Crippen LogP) is 2.11. The largest absolute Gasteiger partial charge is 0.507 e. The maximum atomic E-state index is 13.4. The maximum Gasteiger partial charge on any atom is 0.251 e. The van der Waals surface area contributed by atoms with Gasteiger partial charge in [0.1, 0.15) is 11.6 Å². The zero-order valence-electron chi connectivity index (χ0n) is 10.5. The number of nitrogens with zero attached hydrogens (tertiary/aromatic N) is 1. The number of hydrogen-bond donors (Lipinski definition) is 2. The standard InChI is InChI=1S/C13H11FN2O3S/c1-7(17)10-5-9(14)4-8(12(10)19)6-20-13-15-3-2-11(18)16-13/h2-5,19H,6H2,1H3,(H,15,16,18). The van der Waals surface area contributed by atoms with E-state index in [0.717, 1.165) is 23.9 Å². The fourth-order valence-corrected chi connectivity index (χ4v) is 2.43. The van der Waals surface area contributed by atoms with E-state index in [-0.39, 0.29) is 28.2 Å². The highest BCUT2D eigenvalue weighted by atomic mass is 32.2. The second-order valence-electron chi connectivity index (χ2n) is 4.05. The highest BCUT2D eigenvalue weighted by Gasteiger charge is 2.14. The number of phenolic OH excluding ortho intramolecular Hbond substituents is 1. The van der Waals surface area contributed by atoms with Crippen LogP contribution in [0.4, 0.5) is 4.39 Å². The molecule has 1 heterocycles. The van der Waals surface area contributed by atoms with Gasteiger partial charge >= 0.3 is 0 Å². The van der Waals surface area contributed by atoms with E-state index >= 15 is 0 Å². The Balaban J connectivity index is 2.25. The van der Waals surface area contributed by atoms with Crippen LogP contribution in [-0.2, 0) is 5.75 Å². The molecule has 0 atom stereocenters. The average Bonchev–Trinajstić information content (AvgIpc) is 2.39. The Labute approximate surface area is 117 Å². The molecule has 2 N–H and O–H groups in total. The van der Waals surface area contributed by atoms with Crippen LogP contribution in [0.5, 0.6) is 5.75 Å². The van der Waals surface area contributed by atoms with Crippen LogP contribution in [0.2, 0.25) is 0 Å². The number of Topliss-reactive ketones (excluding diaryl/α,β-unsaturated/α-hetero) is 1. The lowest BCUT2D eigenvalue weighted by molar-refractivity contribution is 0.101. The van der Waals surface area contributed by atoms with Gasteiger partial charge in [0.05, 0.1) is 5.56 Å². The topological polar surface area (TPSA) is 83.0 Å². The molecular formula is C13H11FN2O3S. The quantitative estimate of drug-likeness (QED) is 0.512. The Bertz CT molecular complexity index is 715. The monoisotopic (exact) mass is 294 g/mol. The summed E-state index contributed by atoms with van der Waals surface area (Å²) in [5, 5.41) is 10.3. The van der Waals surface area contributed by atoms with E-state index in [4.69, 9.17) is 0 Å². The number of aromatic amines is 1. The van der Waals surface area contributed by atoms with E-state index in [2.05, 4.69) is 9.97 Å². The molecule has 0 saturated carbocycles. The normalized spacial score (nSPS) is 10.5. The first-order valence-electron chi connectivity index (χ1n) is 5.68. The molecule has 0 aliphatic heterocycles.